The van der Waals surface area contributed by atoms with Crippen molar-refractivity contribution in [3.05, 3.63) is 0 Å². The molecule has 5 heteroatoms. The maximum Gasteiger partial charge on any atom is 0.308 e. The molecule has 0 aromatic heterocycles. The Hall–Kier alpha value is -0.650. The Morgan fingerprint density at radius 1 is 1.35 bits per heavy atom. The van der Waals surface area contributed by atoms with Crippen LogP contribution in [0.25, 0.3) is 0 Å². The van der Waals surface area contributed by atoms with Gasteiger partial charge in [-0.2, -0.15) is 0 Å². The average molecular weight is 243 g/mol. The van der Waals surface area contributed by atoms with Crippen LogP contribution in [-0.4, -0.2) is 57.1 Å². The Morgan fingerprint density at radius 3 is 2.71 bits per heavy atom. The Labute approximate surface area is 102 Å². The first kappa shape index (κ1) is 12.8. The van der Waals surface area contributed by atoms with Gasteiger partial charge in [-0.3, -0.25) is 4.79 Å². The van der Waals surface area contributed by atoms with Crippen LogP contribution < -0.4 is 0 Å². The van der Waals surface area contributed by atoms with E-state index >= 15 is 0 Å². The first-order valence-electron chi connectivity index (χ1n) is 6.29. The molecule has 2 aliphatic rings. The molecule has 0 aromatic carbocycles. The molecule has 2 fully saturated rings. The summed E-state index contributed by atoms with van der Waals surface area (Å²) in [5, 5.41) is 0. The SMILES string of the molecule is COC(=O)C1CCN(CC2CCOCO2)CC1. The van der Waals surface area contributed by atoms with Crippen molar-refractivity contribution >= 4 is 5.97 Å². The highest BCUT2D eigenvalue weighted by Crippen LogP contribution is 2.19. The monoisotopic (exact) mass is 243 g/mol. The fourth-order valence-corrected chi connectivity index (χ4v) is 2.45. The lowest BCUT2D eigenvalue weighted by Gasteiger charge is -2.34. The van der Waals surface area contributed by atoms with Gasteiger partial charge in [0.1, 0.15) is 6.79 Å². The molecule has 0 radical (unpaired) electrons. The van der Waals surface area contributed by atoms with Crippen molar-refractivity contribution in [1.82, 2.24) is 4.90 Å². The fraction of sp³-hybridized carbons (Fsp3) is 0.917. The van der Waals surface area contributed by atoms with Crippen molar-refractivity contribution in [1.29, 1.82) is 0 Å². The minimum absolute atomic E-state index is 0.0630. The third kappa shape index (κ3) is 3.66. The second-order valence-corrected chi connectivity index (χ2v) is 4.70. The average Bonchev–Trinajstić information content (AvgIpc) is 2.40. The van der Waals surface area contributed by atoms with Crippen molar-refractivity contribution in [3.63, 3.8) is 0 Å². The summed E-state index contributed by atoms with van der Waals surface area (Å²) in [4.78, 5) is 13.8. The number of hydrogen-bond donors (Lipinski definition) is 0. The topological polar surface area (TPSA) is 48.0 Å². The summed E-state index contributed by atoms with van der Waals surface area (Å²) in [5.74, 6) is 0.0267. The van der Waals surface area contributed by atoms with Gasteiger partial charge in [-0.05, 0) is 32.4 Å². The van der Waals surface area contributed by atoms with Crippen molar-refractivity contribution in [2.75, 3.05) is 40.1 Å². The number of ether oxygens (including phenoxy) is 3. The first-order chi connectivity index (χ1) is 8.29. The van der Waals surface area contributed by atoms with Crippen molar-refractivity contribution in [2.45, 2.75) is 25.4 Å². The number of esters is 1. The normalized spacial score (nSPS) is 27.9. The van der Waals surface area contributed by atoms with Crippen molar-refractivity contribution < 1.29 is 19.0 Å². The highest BCUT2D eigenvalue weighted by Gasteiger charge is 2.27. The third-order valence-corrected chi connectivity index (χ3v) is 3.56. The van der Waals surface area contributed by atoms with Gasteiger partial charge in [-0.15, -0.1) is 0 Å². The number of rotatable bonds is 3. The quantitative estimate of drug-likeness (QED) is 0.681. The van der Waals surface area contributed by atoms with Gasteiger partial charge in [0, 0.05) is 6.54 Å². The van der Waals surface area contributed by atoms with E-state index in [9.17, 15) is 4.79 Å². The number of hydrogen-bond acceptors (Lipinski definition) is 5. The summed E-state index contributed by atoms with van der Waals surface area (Å²) in [7, 11) is 1.46. The minimum Gasteiger partial charge on any atom is -0.469 e. The minimum atomic E-state index is -0.0630. The van der Waals surface area contributed by atoms with Crippen molar-refractivity contribution in [3.8, 4) is 0 Å². The van der Waals surface area contributed by atoms with Gasteiger partial charge in [0.25, 0.3) is 0 Å². The van der Waals surface area contributed by atoms with Gasteiger partial charge < -0.3 is 19.1 Å². The van der Waals surface area contributed by atoms with Crippen LogP contribution in [0, 0.1) is 5.92 Å². The smallest absolute Gasteiger partial charge is 0.308 e. The third-order valence-electron chi connectivity index (χ3n) is 3.56. The summed E-state index contributed by atoms with van der Waals surface area (Å²) < 4.78 is 15.4. The molecule has 1 atom stereocenters. The number of nitrogens with zero attached hydrogens (tertiary/aromatic N) is 1. The van der Waals surface area contributed by atoms with Crippen LogP contribution in [0.15, 0.2) is 0 Å². The number of piperidine rings is 1. The number of carbonyl (C=O) groups is 1. The van der Waals surface area contributed by atoms with E-state index in [2.05, 4.69) is 4.90 Å². The zero-order valence-corrected chi connectivity index (χ0v) is 10.4. The zero-order chi connectivity index (χ0) is 12.1. The fourth-order valence-electron chi connectivity index (χ4n) is 2.45. The molecule has 0 amide bonds. The van der Waals surface area contributed by atoms with Crippen LogP contribution in [0.3, 0.4) is 0 Å². The lowest BCUT2D eigenvalue weighted by molar-refractivity contribution is -0.150. The number of carbonyl (C=O) groups excluding carboxylic acids is 1. The van der Waals surface area contributed by atoms with E-state index in [1.54, 1.807) is 0 Å². The van der Waals surface area contributed by atoms with Crippen LogP contribution in [-0.2, 0) is 19.0 Å². The molecular weight excluding hydrogens is 222 g/mol. The summed E-state index contributed by atoms with van der Waals surface area (Å²) in [6, 6.07) is 0. The van der Waals surface area contributed by atoms with Gasteiger partial charge >= 0.3 is 5.97 Å². The van der Waals surface area contributed by atoms with Crippen LogP contribution in [0.1, 0.15) is 19.3 Å². The highest BCUT2D eigenvalue weighted by atomic mass is 16.7. The van der Waals surface area contributed by atoms with Crippen LogP contribution >= 0.6 is 0 Å². The lowest BCUT2D eigenvalue weighted by atomic mass is 9.97. The Balaban J connectivity index is 1.69. The molecule has 2 rings (SSSR count). The van der Waals surface area contributed by atoms with E-state index in [1.807, 2.05) is 0 Å². The first-order valence-corrected chi connectivity index (χ1v) is 6.29. The summed E-state index contributed by atoms with van der Waals surface area (Å²) in [6.07, 6.45) is 3.06. The van der Waals surface area contributed by atoms with E-state index in [4.69, 9.17) is 14.2 Å². The summed E-state index contributed by atoms with van der Waals surface area (Å²) in [5.41, 5.74) is 0. The number of likely N-dealkylation sites (tertiary alicyclic amines) is 1. The summed E-state index contributed by atoms with van der Waals surface area (Å²) >= 11 is 0. The van der Waals surface area contributed by atoms with E-state index in [1.165, 1.54) is 7.11 Å². The lowest BCUT2D eigenvalue weighted by Crippen LogP contribution is -2.42. The maximum absolute atomic E-state index is 11.4. The summed E-state index contributed by atoms with van der Waals surface area (Å²) in [6.45, 7) is 4.09. The largest absolute Gasteiger partial charge is 0.469 e. The van der Waals surface area contributed by atoms with Crippen molar-refractivity contribution in [2.24, 2.45) is 5.92 Å². The van der Waals surface area contributed by atoms with Gasteiger partial charge in [0.15, 0.2) is 0 Å². The second-order valence-electron chi connectivity index (χ2n) is 4.70. The molecule has 0 spiro atoms. The van der Waals surface area contributed by atoms with Gasteiger partial charge in [-0.1, -0.05) is 0 Å². The number of methoxy groups -OCH3 is 1. The Bertz CT molecular complexity index is 245. The molecule has 0 saturated carbocycles. The van der Waals surface area contributed by atoms with Gasteiger partial charge in [0.05, 0.1) is 25.7 Å². The van der Waals surface area contributed by atoms with E-state index in [0.29, 0.717) is 12.9 Å². The van der Waals surface area contributed by atoms with E-state index in [-0.39, 0.29) is 11.9 Å². The van der Waals surface area contributed by atoms with Crippen LogP contribution in [0.2, 0.25) is 0 Å². The zero-order valence-electron chi connectivity index (χ0n) is 10.4. The molecule has 0 N–H and O–H groups in total. The molecule has 0 bridgehead atoms. The standard InChI is InChI=1S/C12H21NO4/c1-15-12(14)10-2-5-13(6-3-10)8-11-4-7-16-9-17-11/h10-11H,2-9H2,1H3. The highest BCUT2D eigenvalue weighted by molar-refractivity contribution is 5.72. The Kier molecular flexibility index (Phi) is 4.76. The molecular formula is C12H21NO4. The molecule has 2 aliphatic heterocycles. The molecule has 5 nitrogen and oxygen atoms in total. The molecule has 2 saturated heterocycles. The predicted molar refractivity (Wildman–Crippen MR) is 61.5 cm³/mol. The predicted octanol–water partition coefficient (Wildman–Crippen LogP) is 0.634. The maximum atomic E-state index is 11.4. The molecule has 17 heavy (non-hydrogen) atoms. The molecule has 0 aromatic rings. The van der Waals surface area contributed by atoms with Gasteiger partial charge in [-0.25, -0.2) is 0 Å². The second kappa shape index (κ2) is 6.33. The molecule has 2 heterocycles. The van der Waals surface area contributed by atoms with Crippen LogP contribution in [0.4, 0.5) is 0 Å². The Morgan fingerprint density at radius 2 is 2.12 bits per heavy atom. The van der Waals surface area contributed by atoms with Crippen LogP contribution in [0.5, 0.6) is 0 Å². The molecule has 0 aliphatic carbocycles. The van der Waals surface area contributed by atoms with E-state index in [0.717, 1.165) is 45.5 Å². The molecule has 1 unspecified atom stereocenters. The molecule has 98 valence electrons. The van der Waals surface area contributed by atoms with E-state index < -0.39 is 0 Å². The van der Waals surface area contributed by atoms with Gasteiger partial charge in [0.2, 0.25) is 0 Å².